The van der Waals surface area contributed by atoms with Crippen LogP contribution < -0.4 is 5.56 Å². The first-order valence-corrected chi connectivity index (χ1v) is 12.1. The summed E-state index contributed by atoms with van der Waals surface area (Å²) < 4.78 is 42.3. The zero-order valence-corrected chi connectivity index (χ0v) is 20.1. The summed E-state index contributed by atoms with van der Waals surface area (Å²) in [7, 11) is 0. The average molecular weight is 526 g/mol. The van der Waals surface area contributed by atoms with Crippen molar-refractivity contribution in [1.82, 2.24) is 34.3 Å². The Balaban J connectivity index is 1.26. The molecular weight excluding hydrogens is 507 g/mol. The summed E-state index contributed by atoms with van der Waals surface area (Å²) in [5, 5.41) is 9.12. The third-order valence-electron chi connectivity index (χ3n) is 6.28. The summed E-state index contributed by atoms with van der Waals surface area (Å²) in [4.78, 5) is 35.4. The maximum absolute atomic E-state index is 13.4. The predicted molar refractivity (Wildman–Crippen MR) is 129 cm³/mol. The van der Waals surface area contributed by atoms with Gasteiger partial charge in [0.2, 0.25) is 5.95 Å². The summed E-state index contributed by atoms with van der Waals surface area (Å²) >= 11 is 1.29. The topological polar surface area (TPSA) is 101 Å². The molecule has 1 N–H and O–H groups in total. The van der Waals surface area contributed by atoms with Crippen LogP contribution in [-0.2, 0) is 19.1 Å². The molecule has 37 heavy (non-hydrogen) atoms. The number of aromatic nitrogens is 6. The molecule has 188 valence electrons. The van der Waals surface area contributed by atoms with Crippen molar-refractivity contribution in [2.24, 2.45) is 0 Å². The molecule has 5 heterocycles. The highest BCUT2D eigenvalue weighted by Crippen LogP contribution is 2.36. The van der Waals surface area contributed by atoms with Gasteiger partial charge in [0.15, 0.2) is 0 Å². The molecule has 1 aliphatic rings. The molecule has 6 rings (SSSR count). The van der Waals surface area contributed by atoms with Crippen molar-refractivity contribution < 1.29 is 18.0 Å². The Labute approximate surface area is 210 Å². The minimum absolute atomic E-state index is 0.180. The Morgan fingerprint density at radius 1 is 1.19 bits per heavy atom. The quantitative estimate of drug-likeness (QED) is 0.386. The van der Waals surface area contributed by atoms with Crippen molar-refractivity contribution in [2.45, 2.75) is 26.1 Å². The molecule has 1 aliphatic heterocycles. The van der Waals surface area contributed by atoms with Gasteiger partial charge >= 0.3 is 6.18 Å². The second kappa shape index (κ2) is 8.40. The molecule has 5 aromatic rings. The number of thiazole rings is 1. The molecule has 0 atom stereocenters. The monoisotopic (exact) mass is 525 g/mol. The van der Waals surface area contributed by atoms with Gasteiger partial charge in [-0.05, 0) is 31.2 Å². The smallest absolute Gasteiger partial charge is 0.333 e. The number of alkyl halides is 3. The number of hydrogen-bond donors (Lipinski definition) is 1. The van der Waals surface area contributed by atoms with Crippen molar-refractivity contribution in [2.75, 3.05) is 6.54 Å². The average Bonchev–Trinajstić information content (AvgIpc) is 3.61. The summed E-state index contributed by atoms with van der Waals surface area (Å²) in [6.45, 7) is 2.42. The largest absolute Gasteiger partial charge is 0.416 e. The van der Waals surface area contributed by atoms with E-state index in [4.69, 9.17) is 0 Å². The second-order valence-corrected chi connectivity index (χ2v) is 9.70. The van der Waals surface area contributed by atoms with E-state index >= 15 is 0 Å². The molecule has 0 saturated carbocycles. The lowest BCUT2D eigenvalue weighted by Gasteiger charge is -2.26. The van der Waals surface area contributed by atoms with E-state index in [1.807, 2.05) is 0 Å². The van der Waals surface area contributed by atoms with Crippen LogP contribution in [0, 0.1) is 6.92 Å². The van der Waals surface area contributed by atoms with E-state index in [9.17, 15) is 22.8 Å². The van der Waals surface area contributed by atoms with Gasteiger partial charge in [-0.25, -0.2) is 14.2 Å². The van der Waals surface area contributed by atoms with E-state index in [0.717, 1.165) is 22.7 Å². The van der Waals surface area contributed by atoms with Gasteiger partial charge in [-0.2, -0.15) is 18.3 Å². The van der Waals surface area contributed by atoms with Crippen LogP contribution >= 0.6 is 11.3 Å². The van der Waals surface area contributed by atoms with Crippen molar-refractivity contribution >= 4 is 22.8 Å². The van der Waals surface area contributed by atoms with Crippen molar-refractivity contribution in [3.8, 4) is 16.5 Å². The Kier molecular flexibility index (Phi) is 5.26. The molecule has 13 heteroatoms. The van der Waals surface area contributed by atoms with Crippen LogP contribution in [0.5, 0.6) is 0 Å². The molecule has 1 amide bonds. The van der Waals surface area contributed by atoms with Crippen LogP contribution in [0.1, 0.15) is 32.2 Å². The van der Waals surface area contributed by atoms with Crippen molar-refractivity contribution in [3.63, 3.8) is 0 Å². The van der Waals surface area contributed by atoms with Crippen molar-refractivity contribution in [1.29, 1.82) is 0 Å². The van der Waals surface area contributed by atoms with Crippen LogP contribution in [-0.4, -0.2) is 46.7 Å². The van der Waals surface area contributed by atoms with Crippen LogP contribution in [0.4, 0.5) is 13.2 Å². The maximum atomic E-state index is 13.4. The van der Waals surface area contributed by atoms with E-state index in [1.165, 1.54) is 32.8 Å². The number of halogens is 3. The predicted octanol–water partition coefficient (Wildman–Crippen LogP) is 3.86. The Bertz CT molecular complexity index is 1730. The highest BCUT2D eigenvalue weighted by molar-refractivity contribution is 7.15. The van der Waals surface area contributed by atoms with Gasteiger partial charge in [-0.1, -0.05) is 12.1 Å². The standard InChI is InChI=1S/C24H18F3N7O2S/c1-13-16(11-28-34(13)23-30-20(35)18-6-3-8-33(18)31-23)22(36)32-9-7-17-19(12-32)37-21(29-17)14-4-2-5-15(10-14)24(25,26)27/h2-6,8,10-11H,7,9,12H2,1H3,(H,30,31,35). The molecule has 0 saturated heterocycles. The summed E-state index contributed by atoms with van der Waals surface area (Å²) in [5.41, 5.74) is 1.39. The number of carbonyl (C=O) groups excluding carboxylic acids is 1. The van der Waals surface area contributed by atoms with E-state index < -0.39 is 11.7 Å². The number of fused-ring (bicyclic) bond motifs is 2. The van der Waals surface area contributed by atoms with E-state index in [1.54, 1.807) is 36.2 Å². The number of nitrogens with zero attached hydrogens (tertiary/aromatic N) is 6. The number of benzene rings is 1. The minimum atomic E-state index is -4.44. The first kappa shape index (κ1) is 23.2. The lowest BCUT2D eigenvalue weighted by atomic mass is 10.1. The van der Waals surface area contributed by atoms with Gasteiger partial charge in [0.05, 0.1) is 35.3 Å². The first-order chi connectivity index (χ1) is 17.7. The molecule has 9 nitrogen and oxygen atoms in total. The third-order valence-corrected chi connectivity index (χ3v) is 7.42. The highest BCUT2D eigenvalue weighted by atomic mass is 32.1. The van der Waals surface area contributed by atoms with E-state index in [2.05, 4.69) is 20.2 Å². The summed E-state index contributed by atoms with van der Waals surface area (Å²) in [6.07, 6.45) is -0.863. The molecule has 0 spiro atoms. The Hall–Kier alpha value is -4.26. The number of carbonyl (C=O) groups is 1. The normalized spacial score (nSPS) is 13.8. The summed E-state index contributed by atoms with van der Waals surface area (Å²) in [5.74, 6) is -0.0628. The van der Waals surface area contributed by atoms with E-state index in [0.29, 0.717) is 46.9 Å². The Morgan fingerprint density at radius 2 is 2.03 bits per heavy atom. The number of H-pyrrole nitrogens is 1. The minimum Gasteiger partial charge on any atom is -0.333 e. The van der Waals surface area contributed by atoms with E-state index in [-0.39, 0.29) is 17.4 Å². The van der Waals surface area contributed by atoms with Crippen LogP contribution in [0.2, 0.25) is 0 Å². The van der Waals surface area contributed by atoms with Crippen LogP contribution in [0.25, 0.3) is 22.0 Å². The highest BCUT2D eigenvalue weighted by Gasteiger charge is 2.31. The van der Waals surface area contributed by atoms with Crippen LogP contribution in [0.15, 0.2) is 53.6 Å². The molecule has 1 aromatic carbocycles. The fourth-order valence-electron chi connectivity index (χ4n) is 4.35. The molecule has 0 bridgehead atoms. The van der Waals surface area contributed by atoms with Crippen molar-refractivity contribution in [3.05, 3.63) is 86.5 Å². The lowest BCUT2D eigenvalue weighted by Crippen LogP contribution is -2.35. The molecular formula is C24H18F3N7O2S. The van der Waals surface area contributed by atoms with Gasteiger partial charge in [-0.15, -0.1) is 16.4 Å². The molecule has 0 unspecified atom stereocenters. The SMILES string of the molecule is Cc1c(C(=O)N2CCc3nc(-c4cccc(C(F)(F)F)c4)sc3C2)cnn1-c1nn2cccc2c(=O)[nH]1. The van der Waals surface area contributed by atoms with Gasteiger partial charge in [0.1, 0.15) is 10.5 Å². The third kappa shape index (κ3) is 4.00. The van der Waals surface area contributed by atoms with Crippen LogP contribution in [0.3, 0.4) is 0 Å². The first-order valence-electron chi connectivity index (χ1n) is 11.3. The zero-order valence-electron chi connectivity index (χ0n) is 19.3. The van der Waals surface area contributed by atoms with Gasteiger partial charge in [0, 0.05) is 29.6 Å². The number of aromatic amines is 1. The maximum Gasteiger partial charge on any atom is 0.416 e. The fourth-order valence-corrected chi connectivity index (χ4v) is 5.47. The molecule has 0 radical (unpaired) electrons. The zero-order chi connectivity index (χ0) is 25.9. The summed E-state index contributed by atoms with van der Waals surface area (Å²) in [6, 6.07) is 8.43. The number of amides is 1. The lowest BCUT2D eigenvalue weighted by molar-refractivity contribution is -0.137. The van der Waals surface area contributed by atoms with Gasteiger partial charge < -0.3 is 4.90 Å². The number of rotatable bonds is 3. The second-order valence-electron chi connectivity index (χ2n) is 8.62. The molecule has 0 fully saturated rings. The van der Waals surface area contributed by atoms with Gasteiger partial charge in [-0.3, -0.25) is 14.6 Å². The Morgan fingerprint density at radius 3 is 2.84 bits per heavy atom. The molecule has 0 aliphatic carbocycles. The van der Waals surface area contributed by atoms with Gasteiger partial charge in [0.25, 0.3) is 11.5 Å². The fraction of sp³-hybridized carbons (Fsp3) is 0.208. The molecule has 4 aromatic heterocycles. The number of nitrogens with one attached hydrogen (secondary N) is 1. The number of hydrogen-bond acceptors (Lipinski definition) is 6.